The molecule has 4 heterocycles. The second-order valence-corrected chi connectivity index (χ2v) is 9.34. The molecule has 2 aliphatic rings. The maximum absolute atomic E-state index is 12.2. The van der Waals surface area contributed by atoms with Gasteiger partial charge in [0.05, 0.1) is 18.9 Å². The molecule has 2 aromatic heterocycles. The molecule has 0 radical (unpaired) electrons. The molecule has 2 aromatic rings. The zero-order chi connectivity index (χ0) is 21.6. The van der Waals surface area contributed by atoms with E-state index in [9.17, 15) is 4.79 Å². The monoisotopic (exact) mass is 442 g/mol. The van der Waals surface area contributed by atoms with Gasteiger partial charge in [-0.2, -0.15) is 0 Å². The zero-order valence-corrected chi connectivity index (χ0v) is 19.0. The van der Waals surface area contributed by atoms with Crippen LogP contribution in [0.25, 0.3) is 0 Å². The highest BCUT2D eigenvalue weighted by Gasteiger charge is 2.26. The van der Waals surface area contributed by atoms with Crippen molar-refractivity contribution in [1.29, 1.82) is 0 Å². The molecule has 1 unspecified atom stereocenters. The van der Waals surface area contributed by atoms with Gasteiger partial charge in [0, 0.05) is 49.5 Å². The normalized spacial score (nSPS) is 19.9. The standard InChI is InChI=1S/C22H30N6O2S/c1-3-4-20(29)28-6-5-17(14-28)11-18-12-19(15-27-7-9-30-10-8-27)25-21(24-18)26-22-23-13-16(2)31-22/h3-4,12-13,17H,5-11,14-15H2,1-2H3,(H,23,24,25,26)/b4-3+. The number of thiazole rings is 1. The number of amides is 1. The maximum Gasteiger partial charge on any atom is 0.246 e. The second-order valence-electron chi connectivity index (χ2n) is 8.11. The minimum Gasteiger partial charge on any atom is -0.379 e. The number of rotatable bonds is 7. The Morgan fingerprint density at radius 1 is 1.29 bits per heavy atom. The Morgan fingerprint density at radius 3 is 2.84 bits per heavy atom. The van der Waals surface area contributed by atoms with Gasteiger partial charge in [-0.25, -0.2) is 15.0 Å². The van der Waals surface area contributed by atoms with Crippen LogP contribution in [0.15, 0.2) is 24.4 Å². The number of hydrogen-bond acceptors (Lipinski definition) is 8. The van der Waals surface area contributed by atoms with E-state index in [1.165, 1.54) is 0 Å². The Labute approximate surface area is 187 Å². The van der Waals surface area contributed by atoms with Crippen molar-refractivity contribution in [3.8, 4) is 0 Å². The topological polar surface area (TPSA) is 83.5 Å². The minimum atomic E-state index is 0.0992. The molecular formula is C22H30N6O2S. The van der Waals surface area contributed by atoms with Crippen LogP contribution < -0.4 is 5.32 Å². The van der Waals surface area contributed by atoms with E-state index in [1.54, 1.807) is 23.5 Å². The highest BCUT2D eigenvalue weighted by Crippen LogP contribution is 2.24. The number of nitrogens with one attached hydrogen (secondary N) is 1. The molecule has 0 bridgehead atoms. The van der Waals surface area contributed by atoms with Gasteiger partial charge in [-0.15, -0.1) is 11.3 Å². The zero-order valence-electron chi connectivity index (χ0n) is 18.2. The van der Waals surface area contributed by atoms with Gasteiger partial charge >= 0.3 is 0 Å². The summed E-state index contributed by atoms with van der Waals surface area (Å²) in [5.74, 6) is 1.10. The summed E-state index contributed by atoms with van der Waals surface area (Å²) >= 11 is 1.59. The first-order valence-corrected chi connectivity index (χ1v) is 11.7. The summed E-state index contributed by atoms with van der Waals surface area (Å²) in [5, 5.41) is 4.08. The Kier molecular flexibility index (Phi) is 7.26. The number of nitrogens with zero attached hydrogens (tertiary/aromatic N) is 5. The lowest BCUT2D eigenvalue weighted by Crippen LogP contribution is -2.36. The molecule has 0 aromatic carbocycles. The molecule has 1 atom stereocenters. The summed E-state index contributed by atoms with van der Waals surface area (Å²) in [6, 6.07) is 2.12. The molecule has 2 saturated heterocycles. The van der Waals surface area contributed by atoms with Gasteiger partial charge in [0.1, 0.15) is 0 Å². The molecule has 0 spiro atoms. The van der Waals surface area contributed by atoms with Gasteiger partial charge in [0.15, 0.2) is 5.13 Å². The van der Waals surface area contributed by atoms with E-state index in [1.807, 2.05) is 24.9 Å². The predicted octanol–water partition coefficient (Wildman–Crippen LogP) is 2.78. The van der Waals surface area contributed by atoms with Crippen molar-refractivity contribution < 1.29 is 9.53 Å². The van der Waals surface area contributed by atoms with Crippen molar-refractivity contribution in [1.82, 2.24) is 24.8 Å². The summed E-state index contributed by atoms with van der Waals surface area (Å²) < 4.78 is 5.47. The van der Waals surface area contributed by atoms with Crippen LogP contribution in [-0.4, -0.2) is 70.1 Å². The van der Waals surface area contributed by atoms with Gasteiger partial charge in [-0.3, -0.25) is 9.69 Å². The van der Waals surface area contributed by atoms with Crippen molar-refractivity contribution in [2.75, 3.05) is 44.7 Å². The number of hydrogen-bond donors (Lipinski definition) is 1. The lowest BCUT2D eigenvalue weighted by Gasteiger charge is -2.26. The number of anilines is 2. The van der Waals surface area contributed by atoms with Crippen LogP contribution >= 0.6 is 11.3 Å². The first-order valence-electron chi connectivity index (χ1n) is 10.9. The SMILES string of the molecule is C/C=C/C(=O)N1CCC(Cc2cc(CN3CCOCC3)nc(Nc3ncc(C)s3)n2)C1. The van der Waals surface area contributed by atoms with Gasteiger partial charge in [-0.1, -0.05) is 6.08 Å². The number of ether oxygens (including phenoxy) is 1. The number of aryl methyl sites for hydroxylation is 1. The van der Waals surface area contributed by atoms with Crippen molar-refractivity contribution in [2.24, 2.45) is 5.92 Å². The number of likely N-dealkylation sites (tertiary alicyclic amines) is 1. The van der Waals surface area contributed by atoms with Crippen LogP contribution in [-0.2, 0) is 22.5 Å². The molecule has 4 rings (SSSR count). The van der Waals surface area contributed by atoms with Crippen LogP contribution in [0, 0.1) is 12.8 Å². The Hall–Kier alpha value is -2.36. The minimum absolute atomic E-state index is 0.0992. The first-order chi connectivity index (χ1) is 15.1. The van der Waals surface area contributed by atoms with Gasteiger partial charge in [0.25, 0.3) is 0 Å². The summed E-state index contributed by atoms with van der Waals surface area (Å²) in [5.41, 5.74) is 2.02. The summed E-state index contributed by atoms with van der Waals surface area (Å²) in [6.07, 6.45) is 7.13. The molecule has 1 N–H and O–H groups in total. The van der Waals surface area contributed by atoms with Crippen LogP contribution in [0.4, 0.5) is 11.1 Å². The van der Waals surface area contributed by atoms with Crippen molar-refractivity contribution in [3.63, 3.8) is 0 Å². The molecule has 1 amide bonds. The van der Waals surface area contributed by atoms with Crippen LogP contribution in [0.2, 0.25) is 0 Å². The van der Waals surface area contributed by atoms with Crippen molar-refractivity contribution in [3.05, 3.63) is 40.7 Å². The first kappa shape index (κ1) is 21.9. The van der Waals surface area contributed by atoms with E-state index in [0.29, 0.717) is 11.9 Å². The molecule has 2 fully saturated rings. The molecule has 8 nitrogen and oxygen atoms in total. The van der Waals surface area contributed by atoms with E-state index in [2.05, 4.69) is 21.3 Å². The second kappa shape index (κ2) is 10.3. The molecule has 2 aliphatic heterocycles. The average Bonchev–Trinajstić information content (AvgIpc) is 3.38. The third-order valence-corrected chi connectivity index (χ3v) is 6.39. The Morgan fingerprint density at radius 2 is 2.10 bits per heavy atom. The van der Waals surface area contributed by atoms with Crippen molar-refractivity contribution in [2.45, 2.75) is 33.2 Å². The predicted molar refractivity (Wildman–Crippen MR) is 121 cm³/mol. The van der Waals surface area contributed by atoms with Gasteiger partial charge in [0.2, 0.25) is 11.9 Å². The molecule has 166 valence electrons. The Balaban J connectivity index is 1.49. The van der Waals surface area contributed by atoms with Crippen molar-refractivity contribution >= 4 is 28.3 Å². The smallest absolute Gasteiger partial charge is 0.246 e. The van der Waals surface area contributed by atoms with E-state index in [-0.39, 0.29) is 5.91 Å². The average molecular weight is 443 g/mol. The highest BCUT2D eigenvalue weighted by atomic mass is 32.1. The number of morpholine rings is 1. The van der Waals surface area contributed by atoms with E-state index in [4.69, 9.17) is 14.7 Å². The summed E-state index contributed by atoms with van der Waals surface area (Å²) in [4.78, 5) is 31.5. The molecule has 0 saturated carbocycles. The van der Waals surface area contributed by atoms with Crippen LogP contribution in [0.3, 0.4) is 0 Å². The van der Waals surface area contributed by atoms with Gasteiger partial charge < -0.3 is 15.0 Å². The Bertz CT molecular complexity index is 924. The number of carbonyl (C=O) groups excluding carboxylic acids is 1. The lowest BCUT2D eigenvalue weighted by molar-refractivity contribution is -0.125. The molecule has 31 heavy (non-hydrogen) atoms. The molecule has 9 heteroatoms. The summed E-state index contributed by atoms with van der Waals surface area (Å²) in [6.45, 7) is 9.63. The lowest BCUT2D eigenvalue weighted by atomic mass is 10.0. The number of aromatic nitrogens is 3. The number of allylic oxidation sites excluding steroid dienone is 1. The van der Waals surface area contributed by atoms with Gasteiger partial charge in [-0.05, 0) is 44.7 Å². The molecular weight excluding hydrogens is 412 g/mol. The number of carbonyl (C=O) groups is 1. The maximum atomic E-state index is 12.2. The quantitative estimate of drug-likeness (QED) is 0.660. The summed E-state index contributed by atoms with van der Waals surface area (Å²) in [7, 11) is 0. The third kappa shape index (κ3) is 6.09. The fourth-order valence-corrected chi connectivity index (χ4v) is 4.69. The fraction of sp³-hybridized carbons (Fsp3) is 0.545. The van der Waals surface area contributed by atoms with Crippen LogP contribution in [0.1, 0.15) is 29.6 Å². The highest BCUT2D eigenvalue weighted by molar-refractivity contribution is 7.15. The third-order valence-electron chi connectivity index (χ3n) is 5.57. The van der Waals surface area contributed by atoms with Crippen LogP contribution in [0.5, 0.6) is 0 Å². The van der Waals surface area contributed by atoms with E-state index >= 15 is 0 Å². The fourth-order valence-electron chi connectivity index (χ4n) is 4.04. The molecule has 0 aliphatic carbocycles. The largest absolute Gasteiger partial charge is 0.379 e. The van der Waals surface area contributed by atoms with E-state index < -0.39 is 0 Å². The van der Waals surface area contributed by atoms with E-state index in [0.717, 1.165) is 80.2 Å².